The normalized spacial score (nSPS) is 34.0. The van der Waals surface area contributed by atoms with Gasteiger partial charge in [0.2, 0.25) is 0 Å². The Morgan fingerprint density at radius 2 is 1.71 bits per heavy atom. The van der Waals surface area contributed by atoms with Crippen LogP contribution in [0, 0.1) is 0 Å². The monoisotopic (exact) mass is 296 g/mol. The minimum absolute atomic E-state index is 0.0514. The Morgan fingerprint density at radius 3 is 2.29 bits per heavy atom. The molecule has 1 heterocycles. The van der Waals surface area contributed by atoms with Gasteiger partial charge in [-0.15, -0.1) is 0 Å². The Balaban J connectivity index is 2.32. The van der Waals surface area contributed by atoms with Gasteiger partial charge in [0.15, 0.2) is 0 Å². The Bertz CT molecular complexity index is 480. The molecule has 0 radical (unpaired) electrons. The van der Waals surface area contributed by atoms with E-state index in [-0.39, 0.29) is 5.41 Å². The van der Waals surface area contributed by atoms with Crippen molar-refractivity contribution >= 4 is 0 Å². The SMILES string of the molecule is CC(C)(C)c1cccc([C@@H]2O[C@H](CO)[C@@H](O)[C@H](O)[C@H]2O)c1. The van der Waals surface area contributed by atoms with Crippen LogP contribution in [-0.4, -0.2) is 51.4 Å². The van der Waals surface area contributed by atoms with Crippen LogP contribution in [0.25, 0.3) is 0 Å². The van der Waals surface area contributed by atoms with E-state index in [0.717, 1.165) is 11.1 Å². The van der Waals surface area contributed by atoms with Gasteiger partial charge in [-0.25, -0.2) is 0 Å². The molecule has 0 aliphatic carbocycles. The molecule has 0 unspecified atom stereocenters. The summed E-state index contributed by atoms with van der Waals surface area (Å²) < 4.78 is 5.57. The summed E-state index contributed by atoms with van der Waals surface area (Å²) in [6.45, 7) is 5.83. The highest BCUT2D eigenvalue weighted by atomic mass is 16.5. The minimum Gasteiger partial charge on any atom is -0.394 e. The number of hydrogen-bond donors (Lipinski definition) is 4. The van der Waals surface area contributed by atoms with Crippen LogP contribution in [-0.2, 0) is 10.2 Å². The first kappa shape index (κ1) is 16.4. The molecule has 1 aromatic rings. The Labute approximate surface area is 124 Å². The summed E-state index contributed by atoms with van der Waals surface area (Å²) in [4.78, 5) is 0. The van der Waals surface area contributed by atoms with Gasteiger partial charge in [0.25, 0.3) is 0 Å². The lowest BCUT2D eigenvalue weighted by Crippen LogP contribution is -2.55. The van der Waals surface area contributed by atoms with Gasteiger partial charge >= 0.3 is 0 Å². The van der Waals surface area contributed by atoms with Crippen molar-refractivity contribution in [1.82, 2.24) is 0 Å². The van der Waals surface area contributed by atoms with E-state index in [1.807, 2.05) is 24.3 Å². The predicted molar refractivity (Wildman–Crippen MR) is 77.9 cm³/mol. The molecule has 0 aromatic heterocycles. The highest BCUT2D eigenvalue weighted by molar-refractivity contribution is 5.31. The molecule has 5 heteroatoms. The zero-order valence-corrected chi connectivity index (χ0v) is 12.6. The van der Waals surface area contributed by atoms with Crippen LogP contribution in [0.3, 0.4) is 0 Å². The predicted octanol–water partition coefficient (Wildman–Crippen LogP) is 0.499. The van der Waals surface area contributed by atoms with Gasteiger partial charge in [0.1, 0.15) is 30.5 Å². The van der Waals surface area contributed by atoms with E-state index in [9.17, 15) is 20.4 Å². The average Bonchev–Trinajstić information content (AvgIpc) is 2.44. The smallest absolute Gasteiger partial charge is 0.113 e. The van der Waals surface area contributed by atoms with Crippen LogP contribution in [0.15, 0.2) is 24.3 Å². The van der Waals surface area contributed by atoms with Crippen LogP contribution < -0.4 is 0 Å². The van der Waals surface area contributed by atoms with Gasteiger partial charge in [-0.1, -0.05) is 45.0 Å². The summed E-state index contributed by atoms with van der Waals surface area (Å²) in [5.41, 5.74) is 1.75. The lowest BCUT2D eigenvalue weighted by atomic mass is 9.84. The Kier molecular flexibility index (Phi) is 4.70. The third-order valence-electron chi connectivity index (χ3n) is 3.97. The fourth-order valence-corrected chi connectivity index (χ4v) is 2.56. The van der Waals surface area contributed by atoms with E-state index >= 15 is 0 Å². The van der Waals surface area contributed by atoms with Crippen LogP contribution >= 0.6 is 0 Å². The summed E-state index contributed by atoms with van der Waals surface area (Å²) in [5.74, 6) is 0. The number of ether oxygens (including phenoxy) is 1. The van der Waals surface area contributed by atoms with E-state index < -0.39 is 37.1 Å². The molecule has 0 amide bonds. The van der Waals surface area contributed by atoms with Gasteiger partial charge in [-0.05, 0) is 16.5 Å². The second-order valence-electron chi connectivity index (χ2n) is 6.62. The maximum Gasteiger partial charge on any atom is 0.113 e. The Hall–Kier alpha value is -0.980. The molecule has 2 rings (SSSR count). The molecule has 0 bridgehead atoms. The highest BCUT2D eigenvalue weighted by Gasteiger charge is 2.44. The fraction of sp³-hybridized carbons (Fsp3) is 0.625. The zero-order chi connectivity index (χ0) is 15.8. The molecular weight excluding hydrogens is 272 g/mol. The largest absolute Gasteiger partial charge is 0.394 e. The summed E-state index contributed by atoms with van der Waals surface area (Å²) >= 11 is 0. The summed E-state index contributed by atoms with van der Waals surface area (Å²) in [7, 11) is 0. The summed E-state index contributed by atoms with van der Waals surface area (Å²) in [6, 6.07) is 7.60. The minimum atomic E-state index is -1.35. The molecule has 0 saturated carbocycles. The number of hydrogen-bond acceptors (Lipinski definition) is 5. The zero-order valence-electron chi connectivity index (χ0n) is 12.6. The maximum atomic E-state index is 10.2. The van der Waals surface area contributed by atoms with Gasteiger partial charge in [0.05, 0.1) is 6.61 Å². The molecule has 0 spiro atoms. The van der Waals surface area contributed by atoms with Crippen molar-refractivity contribution in [2.45, 2.75) is 56.7 Å². The first-order valence-corrected chi connectivity index (χ1v) is 7.16. The lowest BCUT2D eigenvalue weighted by Gasteiger charge is -2.40. The molecular formula is C16H24O5. The van der Waals surface area contributed by atoms with Crippen LogP contribution in [0.2, 0.25) is 0 Å². The molecule has 1 aliphatic heterocycles. The molecule has 1 aromatic carbocycles. The van der Waals surface area contributed by atoms with Gasteiger partial charge < -0.3 is 25.2 Å². The van der Waals surface area contributed by atoms with Crippen molar-refractivity contribution < 1.29 is 25.2 Å². The topological polar surface area (TPSA) is 90.2 Å². The van der Waals surface area contributed by atoms with Crippen molar-refractivity contribution in [3.8, 4) is 0 Å². The van der Waals surface area contributed by atoms with Gasteiger partial charge in [-0.2, -0.15) is 0 Å². The van der Waals surface area contributed by atoms with Crippen LogP contribution in [0.1, 0.15) is 38.0 Å². The number of aliphatic hydroxyl groups is 4. The molecule has 4 N–H and O–H groups in total. The van der Waals surface area contributed by atoms with E-state index in [1.165, 1.54) is 0 Å². The number of rotatable bonds is 2. The first-order valence-electron chi connectivity index (χ1n) is 7.16. The van der Waals surface area contributed by atoms with Crippen molar-refractivity contribution in [1.29, 1.82) is 0 Å². The summed E-state index contributed by atoms with van der Waals surface area (Å²) in [6.07, 6.45) is -5.57. The second-order valence-corrected chi connectivity index (χ2v) is 6.62. The van der Waals surface area contributed by atoms with Crippen molar-refractivity contribution in [3.63, 3.8) is 0 Å². The molecule has 5 nitrogen and oxygen atoms in total. The second kappa shape index (κ2) is 6.02. The molecule has 21 heavy (non-hydrogen) atoms. The van der Waals surface area contributed by atoms with E-state index in [2.05, 4.69) is 20.8 Å². The lowest BCUT2D eigenvalue weighted by molar-refractivity contribution is -0.231. The third kappa shape index (κ3) is 3.27. The van der Waals surface area contributed by atoms with Crippen LogP contribution in [0.4, 0.5) is 0 Å². The first-order chi connectivity index (χ1) is 9.75. The number of aliphatic hydroxyl groups excluding tert-OH is 4. The quantitative estimate of drug-likeness (QED) is 0.638. The molecule has 5 atom stereocenters. The third-order valence-corrected chi connectivity index (χ3v) is 3.97. The standard InChI is InChI=1S/C16H24O5/c1-16(2,3)10-6-4-5-9(7-10)15-14(20)13(19)12(18)11(8-17)21-15/h4-7,11-15,17-20H,8H2,1-3H3/t11-,12-,13+,14-,15+/m1/s1. The van der Waals surface area contributed by atoms with Crippen molar-refractivity contribution in [3.05, 3.63) is 35.4 Å². The van der Waals surface area contributed by atoms with Crippen LogP contribution in [0.5, 0.6) is 0 Å². The molecule has 1 fully saturated rings. The van der Waals surface area contributed by atoms with E-state index in [4.69, 9.17) is 4.74 Å². The summed E-state index contributed by atoms with van der Waals surface area (Å²) in [5, 5.41) is 39.1. The van der Waals surface area contributed by atoms with Crippen molar-refractivity contribution in [2.24, 2.45) is 0 Å². The van der Waals surface area contributed by atoms with Crippen molar-refractivity contribution in [2.75, 3.05) is 6.61 Å². The number of benzene rings is 1. The van der Waals surface area contributed by atoms with Gasteiger partial charge in [-0.3, -0.25) is 0 Å². The fourth-order valence-electron chi connectivity index (χ4n) is 2.56. The van der Waals surface area contributed by atoms with Gasteiger partial charge in [0, 0.05) is 0 Å². The molecule has 1 aliphatic rings. The average molecular weight is 296 g/mol. The maximum absolute atomic E-state index is 10.2. The Morgan fingerprint density at radius 1 is 1.05 bits per heavy atom. The van der Waals surface area contributed by atoms with E-state index in [1.54, 1.807) is 0 Å². The van der Waals surface area contributed by atoms with E-state index in [0.29, 0.717) is 0 Å². The highest BCUT2D eigenvalue weighted by Crippen LogP contribution is 2.34. The molecule has 1 saturated heterocycles. The molecule has 118 valence electrons.